The molecule has 2 aromatic rings. The summed E-state index contributed by atoms with van der Waals surface area (Å²) in [6.07, 6.45) is 8.27. The van der Waals surface area contributed by atoms with E-state index in [0.717, 1.165) is 62.8 Å². The van der Waals surface area contributed by atoms with Gasteiger partial charge in [0.25, 0.3) is 0 Å². The number of aryl methyl sites for hydroxylation is 1. The standard InChI is InChI=1S/C20H25ClN4O2/c1-14-2-3-18(22-9-14)19-26-12-16(13-27-19)8-15-4-6-25(7-5-15)20-23-10-17(21)11-24-20/h2-3,9-11,15-16,19H,4-8,12-13H2,1H3. The molecule has 2 aliphatic rings. The van der Waals surface area contributed by atoms with Crippen molar-refractivity contribution < 1.29 is 9.47 Å². The largest absolute Gasteiger partial charge is 0.347 e. The minimum Gasteiger partial charge on any atom is -0.347 e. The maximum absolute atomic E-state index is 5.93. The van der Waals surface area contributed by atoms with Crippen molar-refractivity contribution in [1.82, 2.24) is 15.0 Å². The summed E-state index contributed by atoms with van der Waals surface area (Å²) in [6.45, 7) is 5.47. The first kappa shape index (κ1) is 18.6. The van der Waals surface area contributed by atoms with E-state index in [1.807, 2.05) is 25.3 Å². The first-order valence-electron chi connectivity index (χ1n) is 9.55. The Labute approximate surface area is 164 Å². The lowest BCUT2D eigenvalue weighted by molar-refractivity contribution is -0.209. The number of piperidine rings is 1. The third kappa shape index (κ3) is 4.75. The number of halogens is 1. The van der Waals surface area contributed by atoms with Crippen LogP contribution in [0.5, 0.6) is 0 Å². The Morgan fingerprint density at radius 3 is 2.33 bits per heavy atom. The van der Waals surface area contributed by atoms with Crippen molar-refractivity contribution in [2.45, 2.75) is 32.5 Å². The molecule has 0 aliphatic carbocycles. The number of ether oxygens (including phenoxy) is 2. The SMILES string of the molecule is Cc1ccc(C2OCC(CC3CCN(c4ncc(Cl)cn4)CC3)CO2)nc1. The monoisotopic (exact) mass is 388 g/mol. The van der Waals surface area contributed by atoms with Gasteiger partial charge < -0.3 is 14.4 Å². The van der Waals surface area contributed by atoms with Gasteiger partial charge in [0.1, 0.15) is 0 Å². The van der Waals surface area contributed by atoms with E-state index >= 15 is 0 Å². The van der Waals surface area contributed by atoms with Crippen molar-refractivity contribution in [2.24, 2.45) is 11.8 Å². The average molecular weight is 389 g/mol. The van der Waals surface area contributed by atoms with Crippen molar-refractivity contribution in [1.29, 1.82) is 0 Å². The van der Waals surface area contributed by atoms with Gasteiger partial charge in [-0.3, -0.25) is 4.98 Å². The maximum Gasteiger partial charge on any atom is 0.225 e. The van der Waals surface area contributed by atoms with Gasteiger partial charge in [-0.15, -0.1) is 0 Å². The van der Waals surface area contributed by atoms with Gasteiger partial charge in [-0.2, -0.15) is 0 Å². The number of anilines is 1. The van der Waals surface area contributed by atoms with Crippen molar-refractivity contribution >= 4 is 17.5 Å². The number of aromatic nitrogens is 3. The molecule has 0 atom stereocenters. The van der Waals surface area contributed by atoms with Crippen molar-refractivity contribution in [3.05, 3.63) is 47.0 Å². The normalized spacial score (nSPS) is 24.1. The second-order valence-electron chi connectivity index (χ2n) is 7.49. The van der Waals surface area contributed by atoms with E-state index in [4.69, 9.17) is 21.1 Å². The van der Waals surface area contributed by atoms with Gasteiger partial charge in [0.15, 0.2) is 0 Å². The first-order chi connectivity index (χ1) is 13.2. The molecule has 7 heteroatoms. The van der Waals surface area contributed by atoms with Crippen LogP contribution in [-0.2, 0) is 9.47 Å². The third-order valence-electron chi connectivity index (χ3n) is 5.31. The predicted molar refractivity (Wildman–Crippen MR) is 104 cm³/mol. The van der Waals surface area contributed by atoms with Crippen LogP contribution in [-0.4, -0.2) is 41.3 Å². The smallest absolute Gasteiger partial charge is 0.225 e. The molecule has 2 saturated heterocycles. The topological polar surface area (TPSA) is 60.4 Å². The summed E-state index contributed by atoms with van der Waals surface area (Å²) in [6, 6.07) is 4.02. The zero-order valence-corrected chi connectivity index (χ0v) is 16.3. The highest BCUT2D eigenvalue weighted by Crippen LogP contribution is 2.31. The van der Waals surface area contributed by atoms with Crippen LogP contribution >= 0.6 is 11.6 Å². The Morgan fingerprint density at radius 1 is 1.00 bits per heavy atom. The molecule has 0 amide bonds. The zero-order valence-electron chi connectivity index (χ0n) is 15.6. The van der Waals surface area contributed by atoms with Crippen LogP contribution in [0.1, 0.15) is 36.8 Å². The molecule has 0 bridgehead atoms. The lowest BCUT2D eigenvalue weighted by Gasteiger charge is -2.35. The fourth-order valence-electron chi connectivity index (χ4n) is 3.78. The molecule has 4 rings (SSSR count). The highest BCUT2D eigenvalue weighted by molar-refractivity contribution is 6.30. The molecule has 0 unspecified atom stereocenters. The van der Waals surface area contributed by atoms with Gasteiger partial charge >= 0.3 is 0 Å². The molecule has 2 fully saturated rings. The van der Waals surface area contributed by atoms with Crippen molar-refractivity contribution in [2.75, 3.05) is 31.2 Å². The fourth-order valence-corrected chi connectivity index (χ4v) is 3.88. The molecule has 0 N–H and O–H groups in total. The van der Waals surface area contributed by atoms with Gasteiger partial charge in [0.05, 0.1) is 36.3 Å². The second kappa shape index (κ2) is 8.50. The number of nitrogens with zero attached hydrogens (tertiary/aromatic N) is 4. The average Bonchev–Trinajstić information content (AvgIpc) is 2.71. The van der Waals surface area contributed by atoms with E-state index < -0.39 is 0 Å². The van der Waals surface area contributed by atoms with E-state index in [1.165, 1.54) is 0 Å². The summed E-state index contributed by atoms with van der Waals surface area (Å²) >= 11 is 5.87. The van der Waals surface area contributed by atoms with Crippen LogP contribution in [0.3, 0.4) is 0 Å². The van der Waals surface area contributed by atoms with Crippen LogP contribution in [0.2, 0.25) is 5.02 Å². The number of pyridine rings is 1. The highest BCUT2D eigenvalue weighted by Gasteiger charge is 2.28. The Bertz CT molecular complexity index is 661. The minimum atomic E-state index is -0.328. The first-order valence-corrected chi connectivity index (χ1v) is 9.93. The van der Waals surface area contributed by atoms with Gasteiger partial charge in [0.2, 0.25) is 12.2 Å². The summed E-state index contributed by atoms with van der Waals surface area (Å²) in [5.41, 5.74) is 2.00. The number of hydrogen-bond donors (Lipinski definition) is 0. The molecule has 27 heavy (non-hydrogen) atoms. The quantitative estimate of drug-likeness (QED) is 0.793. The van der Waals surface area contributed by atoms with Gasteiger partial charge in [0, 0.05) is 25.2 Å². The lowest BCUT2D eigenvalue weighted by atomic mass is 9.87. The minimum absolute atomic E-state index is 0.328. The van der Waals surface area contributed by atoms with E-state index in [0.29, 0.717) is 16.9 Å². The Balaban J connectivity index is 1.22. The molecular formula is C20H25ClN4O2. The van der Waals surface area contributed by atoms with E-state index in [2.05, 4.69) is 19.9 Å². The molecule has 2 aromatic heterocycles. The van der Waals surface area contributed by atoms with Gasteiger partial charge in [-0.25, -0.2) is 9.97 Å². The summed E-state index contributed by atoms with van der Waals surface area (Å²) in [7, 11) is 0. The van der Waals surface area contributed by atoms with Crippen LogP contribution in [0, 0.1) is 18.8 Å². The van der Waals surface area contributed by atoms with Crippen LogP contribution in [0.4, 0.5) is 5.95 Å². The maximum atomic E-state index is 5.93. The summed E-state index contributed by atoms with van der Waals surface area (Å²) in [5, 5.41) is 0.574. The molecule has 4 heterocycles. The zero-order chi connectivity index (χ0) is 18.6. The summed E-state index contributed by atoms with van der Waals surface area (Å²) in [4.78, 5) is 15.3. The highest BCUT2D eigenvalue weighted by atomic mass is 35.5. The lowest BCUT2D eigenvalue weighted by Crippen LogP contribution is -2.37. The van der Waals surface area contributed by atoms with Crippen molar-refractivity contribution in [3.8, 4) is 0 Å². The number of rotatable bonds is 4. The fraction of sp³-hybridized carbons (Fsp3) is 0.550. The van der Waals surface area contributed by atoms with E-state index in [9.17, 15) is 0 Å². The van der Waals surface area contributed by atoms with Gasteiger partial charge in [-0.05, 0) is 43.7 Å². The summed E-state index contributed by atoms with van der Waals surface area (Å²) < 4.78 is 11.9. The molecule has 0 spiro atoms. The van der Waals surface area contributed by atoms with E-state index in [1.54, 1.807) is 12.4 Å². The third-order valence-corrected chi connectivity index (χ3v) is 5.51. The van der Waals surface area contributed by atoms with Crippen LogP contribution < -0.4 is 4.90 Å². The molecule has 144 valence electrons. The second-order valence-corrected chi connectivity index (χ2v) is 7.93. The Morgan fingerprint density at radius 2 is 1.70 bits per heavy atom. The molecular weight excluding hydrogens is 364 g/mol. The van der Waals surface area contributed by atoms with Crippen molar-refractivity contribution in [3.63, 3.8) is 0 Å². The van der Waals surface area contributed by atoms with Gasteiger partial charge in [-0.1, -0.05) is 17.7 Å². The van der Waals surface area contributed by atoms with Crippen LogP contribution in [0.15, 0.2) is 30.7 Å². The molecule has 0 saturated carbocycles. The number of hydrogen-bond acceptors (Lipinski definition) is 6. The molecule has 0 aromatic carbocycles. The predicted octanol–water partition coefficient (Wildman–Crippen LogP) is 3.80. The Hall–Kier alpha value is -1.76. The Kier molecular flexibility index (Phi) is 5.86. The summed E-state index contributed by atoms with van der Waals surface area (Å²) in [5.74, 6) is 1.92. The molecule has 0 radical (unpaired) electrons. The molecule has 2 aliphatic heterocycles. The van der Waals surface area contributed by atoms with E-state index in [-0.39, 0.29) is 6.29 Å². The van der Waals surface area contributed by atoms with Crippen LogP contribution in [0.25, 0.3) is 0 Å². The molecule has 6 nitrogen and oxygen atoms in total.